The van der Waals surface area contributed by atoms with E-state index in [1.54, 1.807) is 12.4 Å². The smallest absolute Gasteiger partial charge is 0.264 e. The van der Waals surface area contributed by atoms with Crippen LogP contribution in [0.2, 0.25) is 0 Å². The summed E-state index contributed by atoms with van der Waals surface area (Å²) in [5.74, 6) is 6.26. The summed E-state index contributed by atoms with van der Waals surface area (Å²) in [4.78, 5) is 16.1. The summed E-state index contributed by atoms with van der Waals surface area (Å²) in [7, 11) is 0. The van der Waals surface area contributed by atoms with Crippen molar-refractivity contribution in [2.24, 2.45) is 5.10 Å². The lowest BCUT2D eigenvalue weighted by Gasteiger charge is -2.06. The van der Waals surface area contributed by atoms with Crippen molar-refractivity contribution < 1.29 is 4.79 Å². The van der Waals surface area contributed by atoms with Crippen molar-refractivity contribution in [2.75, 3.05) is 22.3 Å². The third-order valence-corrected chi connectivity index (χ3v) is 4.66. The van der Waals surface area contributed by atoms with Gasteiger partial charge in [-0.05, 0) is 43.7 Å². The molecule has 0 aliphatic heterocycles. The Hall–Kier alpha value is -3.40. The van der Waals surface area contributed by atoms with Gasteiger partial charge in [0.2, 0.25) is 11.1 Å². The Kier molecular flexibility index (Phi) is 6.22. The van der Waals surface area contributed by atoms with Crippen LogP contribution >= 0.6 is 11.8 Å². The predicted molar refractivity (Wildman–Crippen MR) is 111 cm³/mol. The van der Waals surface area contributed by atoms with Crippen molar-refractivity contribution in [3.05, 3.63) is 59.9 Å². The maximum absolute atomic E-state index is 12.1. The molecule has 0 saturated heterocycles. The van der Waals surface area contributed by atoms with Gasteiger partial charge in [-0.15, -0.1) is 10.2 Å². The molecule has 1 aromatic carbocycles. The molecular weight excluding hydrogens is 376 g/mol. The quantitative estimate of drug-likeness (QED) is 0.242. The Morgan fingerprint density at radius 2 is 2.04 bits per heavy atom. The zero-order valence-corrected chi connectivity index (χ0v) is 16.3. The molecule has 3 rings (SSSR count). The van der Waals surface area contributed by atoms with Gasteiger partial charge in [0.05, 0.1) is 11.5 Å². The van der Waals surface area contributed by atoms with E-state index in [-0.39, 0.29) is 17.6 Å². The molecule has 0 radical (unpaired) electrons. The number of hydrogen-bond acceptors (Lipinski definition) is 8. The van der Waals surface area contributed by atoms with Crippen LogP contribution in [0.15, 0.2) is 59.0 Å². The zero-order valence-electron chi connectivity index (χ0n) is 15.5. The lowest BCUT2D eigenvalue weighted by atomic mass is 10.2. The Morgan fingerprint density at radius 3 is 2.79 bits per heavy atom. The van der Waals surface area contributed by atoms with Crippen LogP contribution in [-0.4, -0.2) is 37.2 Å². The number of nitrogens with zero attached hydrogens (tertiary/aromatic N) is 5. The van der Waals surface area contributed by atoms with Gasteiger partial charge in [0, 0.05) is 23.6 Å². The molecule has 4 N–H and O–H groups in total. The van der Waals surface area contributed by atoms with Gasteiger partial charge in [-0.3, -0.25) is 9.78 Å². The van der Waals surface area contributed by atoms with Crippen LogP contribution in [0.5, 0.6) is 0 Å². The van der Waals surface area contributed by atoms with E-state index in [1.807, 2.05) is 50.2 Å². The molecule has 0 atom stereocenters. The molecule has 0 aliphatic rings. The lowest BCUT2D eigenvalue weighted by molar-refractivity contribution is -0.113. The number of rotatable bonds is 7. The first-order valence-electron chi connectivity index (χ1n) is 8.43. The van der Waals surface area contributed by atoms with E-state index in [9.17, 15) is 4.79 Å². The van der Waals surface area contributed by atoms with E-state index in [0.717, 1.165) is 22.5 Å². The molecule has 28 heavy (non-hydrogen) atoms. The van der Waals surface area contributed by atoms with E-state index in [1.165, 1.54) is 16.4 Å². The highest BCUT2D eigenvalue weighted by molar-refractivity contribution is 7.99. The summed E-state index contributed by atoms with van der Waals surface area (Å²) in [6.45, 7) is 3.82. The Morgan fingerprint density at radius 1 is 1.25 bits per heavy atom. The third kappa shape index (κ3) is 5.07. The minimum Gasteiger partial charge on any atom is -0.334 e. The summed E-state index contributed by atoms with van der Waals surface area (Å²) in [5, 5.41) is 15.4. The predicted octanol–water partition coefficient (Wildman–Crippen LogP) is 2.26. The van der Waals surface area contributed by atoms with Crippen molar-refractivity contribution in [1.82, 2.24) is 19.9 Å². The summed E-state index contributed by atoms with van der Waals surface area (Å²) in [5.41, 5.74) is 6.28. The number of nitrogens with one attached hydrogen (secondary N) is 2. The van der Waals surface area contributed by atoms with Crippen molar-refractivity contribution in [3.8, 4) is 0 Å². The number of thioether (sulfide) groups is 1. The number of benzene rings is 1. The van der Waals surface area contributed by atoms with E-state index in [0.29, 0.717) is 5.16 Å². The molecule has 1 amide bonds. The number of amides is 1. The zero-order chi connectivity index (χ0) is 19.9. The Balaban J connectivity index is 1.56. The van der Waals surface area contributed by atoms with Crippen molar-refractivity contribution in [2.45, 2.75) is 19.0 Å². The molecule has 10 heteroatoms. The average Bonchev–Trinajstić information content (AvgIpc) is 3.05. The number of anilines is 2. The van der Waals surface area contributed by atoms with Gasteiger partial charge < -0.3 is 11.2 Å². The average molecular weight is 396 g/mol. The van der Waals surface area contributed by atoms with E-state index < -0.39 is 0 Å². The minimum atomic E-state index is -0.153. The molecule has 2 heterocycles. The monoisotopic (exact) mass is 396 g/mol. The minimum absolute atomic E-state index is 0.153. The number of nitrogens with two attached hydrogens (primary N) is 1. The number of aromatic nitrogens is 4. The normalized spacial score (nSPS) is 11.3. The summed E-state index contributed by atoms with van der Waals surface area (Å²) < 4.78 is 1.26. The van der Waals surface area contributed by atoms with Crippen molar-refractivity contribution >= 4 is 35.0 Å². The highest BCUT2D eigenvalue weighted by atomic mass is 32.2. The molecule has 0 spiro atoms. The van der Waals surface area contributed by atoms with Crippen LogP contribution in [0.3, 0.4) is 0 Å². The van der Waals surface area contributed by atoms with Crippen LogP contribution in [0.4, 0.5) is 11.6 Å². The van der Waals surface area contributed by atoms with Crippen molar-refractivity contribution in [3.63, 3.8) is 0 Å². The first kappa shape index (κ1) is 19.4. The fourth-order valence-corrected chi connectivity index (χ4v) is 2.95. The number of pyridine rings is 1. The molecule has 0 unspecified atom stereocenters. The Bertz CT molecular complexity index is 986. The third-order valence-electron chi connectivity index (χ3n) is 3.72. The van der Waals surface area contributed by atoms with Crippen molar-refractivity contribution in [1.29, 1.82) is 0 Å². The first-order chi connectivity index (χ1) is 13.5. The molecule has 144 valence electrons. The number of hydrazone groups is 1. The highest BCUT2D eigenvalue weighted by Crippen LogP contribution is 2.17. The van der Waals surface area contributed by atoms with Crippen LogP contribution in [-0.2, 0) is 4.79 Å². The van der Waals surface area contributed by atoms with Gasteiger partial charge in [-0.25, -0.2) is 10.1 Å². The second-order valence-corrected chi connectivity index (χ2v) is 6.87. The molecule has 0 bridgehead atoms. The van der Waals surface area contributed by atoms with Gasteiger partial charge in [-0.2, -0.15) is 5.10 Å². The molecule has 9 nitrogen and oxygen atoms in total. The molecular formula is C18H20N8OS. The molecule has 0 saturated carbocycles. The second-order valence-electron chi connectivity index (χ2n) is 5.93. The molecule has 2 aromatic heterocycles. The first-order valence-corrected chi connectivity index (χ1v) is 9.42. The van der Waals surface area contributed by atoms with E-state index in [4.69, 9.17) is 5.84 Å². The number of carbonyl (C=O) groups is 1. The van der Waals surface area contributed by atoms with Gasteiger partial charge in [0.25, 0.3) is 5.95 Å². The number of nitrogen functional groups attached to an aromatic ring is 1. The standard InChI is InChI=1S/C18H20N8OS/c1-12-4-3-5-15(10-12)21-16(27)11-28-18-25-24-17(26(18)19)23-22-13(2)14-6-8-20-9-7-14/h3-10H,11,19H2,1-2H3,(H,21,27)(H,23,24)/b22-13+. The van der Waals surface area contributed by atoms with Crippen LogP contribution < -0.4 is 16.6 Å². The number of aryl methyl sites for hydroxylation is 1. The second kappa shape index (κ2) is 9.00. The van der Waals surface area contributed by atoms with E-state index in [2.05, 4.69) is 31.0 Å². The molecule has 0 aliphatic carbocycles. The van der Waals surface area contributed by atoms with Gasteiger partial charge in [-0.1, -0.05) is 23.9 Å². The number of hydrogen-bond donors (Lipinski definition) is 3. The fourth-order valence-electron chi connectivity index (χ4n) is 2.29. The topological polar surface area (TPSA) is 123 Å². The fraction of sp³-hybridized carbons (Fsp3) is 0.167. The highest BCUT2D eigenvalue weighted by Gasteiger charge is 2.12. The van der Waals surface area contributed by atoms with Crippen LogP contribution in [0.1, 0.15) is 18.1 Å². The van der Waals surface area contributed by atoms with E-state index >= 15 is 0 Å². The molecule has 3 aromatic rings. The maximum Gasteiger partial charge on any atom is 0.264 e. The van der Waals surface area contributed by atoms with Crippen LogP contribution in [0, 0.1) is 6.92 Å². The lowest BCUT2D eigenvalue weighted by Crippen LogP contribution is -2.17. The maximum atomic E-state index is 12.1. The Labute approximate surface area is 166 Å². The number of carbonyl (C=O) groups excluding carboxylic acids is 1. The summed E-state index contributed by atoms with van der Waals surface area (Å²) >= 11 is 1.19. The van der Waals surface area contributed by atoms with Gasteiger partial charge in [0.1, 0.15) is 0 Å². The van der Waals surface area contributed by atoms with Gasteiger partial charge in [0.15, 0.2) is 0 Å². The van der Waals surface area contributed by atoms with Gasteiger partial charge >= 0.3 is 0 Å². The SMILES string of the molecule is C/C(=N\Nc1nnc(SCC(=O)Nc2cccc(C)c2)n1N)c1ccncc1. The molecule has 0 fully saturated rings. The summed E-state index contributed by atoms with van der Waals surface area (Å²) in [6, 6.07) is 11.3. The largest absolute Gasteiger partial charge is 0.334 e. The van der Waals surface area contributed by atoms with Crippen LogP contribution in [0.25, 0.3) is 0 Å². The summed E-state index contributed by atoms with van der Waals surface area (Å²) in [6.07, 6.45) is 3.38.